The number of carbonyl (C=O) groups excluding carboxylic acids is 2. The minimum Gasteiger partial charge on any atom is -0.353 e. The van der Waals surface area contributed by atoms with E-state index in [1.54, 1.807) is 4.68 Å². The Labute approximate surface area is 146 Å². The van der Waals surface area contributed by atoms with Crippen LogP contribution in [-0.4, -0.2) is 67.9 Å². The average molecular weight is 348 g/mol. The van der Waals surface area contributed by atoms with E-state index in [0.29, 0.717) is 13.1 Å². The number of anilines is 1. The van der Waals surface area contributed by atoms with Crippen molar-refractivity contribution in [3.63, 3.8) is 0 Å². The minimum atomic E-state index is -0.148. The zero-order chi connectivity index (χ0) is 18.4. The van der Waals surface area contributed by atoms with Crippen molar-refractivity contribution in [2.45, 2.75) is 20.4 Å². The lowest BCUT2D eigenvalue weighted by Crippen LogP contribution is -2.38. The molecule has 0 radical (unpaired) electrons. The van der Waals surface area contributed by atoms with E-state index >= 15 is 0 Å². The molecule has 2 heterocycles. The van der Waals surface area contributed by atoms with Crippen molar-refractivity contribution in [3.8, 4) is 0 Å². The second-order valence-electron chi connectivity index (χ2n) is 5.90. The van der Waals surface area contributed by atoms with Crippen molar-refractivity contribution < 1.29 is 9.59 Å². The Morgan fingerprint density at radius 3 is 2.64 bits per heavy atom. The molecule has 0 spiro atoms. The fourth-order valence-electron chi connectivity index (χ4n) is 2.36. The molecule has 2 rings (SSSR count). The van der Waals surface area contributed by atoms with Gasteiger partial charge < -0.3 is 10.6 Å². The summed E-state index contributed by atoms with van der Waals surface area (Å²) in [4.78, 5) is 29.5. The molecule has 2 aromatic heterocycles. The lowest BCUT2D eigenvalue weighted by atomic mass is 10.3. The predicted molar refractivity (Wildman–Crippen MR) is 91.8 cm³/mol. The second kappa shape index (κ2) is 8.38. The van der Waals surface area contributed by atoms with Crippen molar-refractivity contribution >= 4 is 17.5 Å². The van der Waals surface area contributed by atoms with Crippen molar-refractivity contribution in [1.82, 2.24) is 34.8 Å². The highest BCUT2D eigenvalue weighted by molar-refractivity contribution is 5.93. The highest BCUT2D eigenvalue weighted by Gasteiger charge is 2.14. The molecule has 2 amide bonds. The molecule has 0 aromatic carbocycles. The van der Waals surface area contributed by atoms with Crippen LogP contribution in [0.5, 0.6) is 0 Å². The summed E-state index contributed by atoms with van der Waals surface area (Å²) >= 11 is 0. The third-order valence-electron chi connectivity index (χ3n) is 3.77. The molecule has 0 saturated heterocycles. The molecule has 10 nitrogen and oxygen atoms in total. The maximum absolute atomic E-state index is 12.1. The zero-order valence-electron chi connectivity index (χ0n) is 15.0. The van der Waals surface area contributed by atoms with Gasteiger partial charge in [0.15, 0.2) is 0 Å². The molecule has 2 N–H and O–H groups in total. The summed E-state index contributed by atoms with van der Waals surface area (Å²) in [5, 5.41) is 13.8. The highest BCUT2D eigenvalue weighted by atomic mass is 16.2. The van der Waals surface area contributed by atoms with Gasteiger partial charge in [-0.1, -0.05) is 0 Å². The summed E-state index contributed by atoms with van der Waals surface area (Å²) in [5.74, 6) is -0.263. The van der Waals surface area contributed by atoms with Crippen LogP contribution in [0.3, 0.4) is 0 Å². The molecule has 0 aliphatic heterocycles. The number of amides is 2. The van der Waals surface area contributed by atoms with Crippen LogP contribution in [-0.2, 0) is 23.2 Å². The number of likely N-dealkylation sites (N-methyl/N-ethyl adjacent to an activating group) is 1. The Morgan fingerprint density at radius 2 is 2.04 bits per heavy atom. The first-order valence-corrected chi connectivity index (χ1v) is 7.94. The van der Waals surface area contributed by atoms with Gasteiger partial charge in [-0.25, -0.2) is 9.67 Å². The third kappa shape index (κ3) is 5.38. The quantitative estimate of drug-likeness (QED) is 0.654. The smallest absolute Gasteiger partial charge is 0.241 e. The summed E-state index contributed by atoms with van der Waals surface area (Å²) in [6.07, 6.45) is 2.86. The normalized spacial score (nSPS) is 10.9. The predicted octanol–water partition coefficient (Wildman–Crippen LogP) is -0.685. The Bertz CT molecular complexity index is 722. The summed E-state index contributed by atoms with van der Waals surface area (Å²) in [7, 11) is 3.66. The van der Waals surface area contributed by atoms with Crippen LogP contribution in [0.15, 0.2) is 12.7 Å². The van der Waals surface area contributed by atoms with E-state index < -0.39 is 0 Å². The van der Waals surface area contributed by atoms with E-state index in [4.69, 9.17) is 0 Å². The van der Waals surface area contributed by atoms with Gasteiger partial charge in [-0.2, -0.15) is 10.2 Å². The molecule has 0 bridgehead atoms. The lowest BCUT2D eigenvalue weighted by Gasteiger charge is -2.16. The van der Waals surface area contributed by atoms with Crippen LogP contribution >= 0.6 is 0 Å². The number of hydrogen-bond acceptors (Lipinski definition) is 6. The van der Waals surface area contributed by atoms with Gasteiger partial charge in [0.25, 0.3) is 0 Å². The van der Waals surface area contributed by atoms with Gasteiger partial charge in [0.05, 0.1) is 23.6 Å². The van der Waals surface area contributed by atoms with Gasteiger partial charge in [0.2, 0.25) is 11.8 Å². The number of hydrogen-bond donors (Lipinski definition) is 2. The molecule has 10 heteroatoms. The summed E-state index contributed by atoms with van der Waals surface area (Å²) in [6, 6.07) is 0. The number of carbonyl (C=O) groups is 2. The van der Waals surface area contributed by atoms with Crippen LogP contribution in [0.25, 0.3) is 0 Å². The standard InChI is InChI=1S/C15H24N8O2/c1-11-15(12(2)22(4)20-11)19-14(25)7-21(3)6-5-17-13(24)8-23-10-16-9-18-23/h9-10H,5-8H2,1-4H3,(H,17,24)(H,19,25). The monoisotopic (exact) mass is 348 g/mol. The molecule has 0 aliphatic rings. The van der Waals surface area contributed by atoms with E-state index in [1.165, 1.54) is 17.3 Å². The molecule has 2 aromatic rings. The third-order valence-corrected chi connectivity index (χ3v) is 3.77. The Kier molecular flexibility index (Phi) is 6.23. The van der Waals surface area contributed by atoms with Gasteiger partial charge in [-0.15, -0.1) is 0 Å². The molecular weight excluding hydrogens is 324 g/mol. The number of aryl methyl sites for hydroxylation is 2. The van der Waals surface area contributed by atoms with Crippen molar-refractivity contribution in [2.75, 3.05) is 32.0 Å². The number of nitrogens with one attached hydrogen (secondary N) is 2. The lowest BCUT2D eigenvalue weighted by molar-refractivity contribution is -0.121. The molecule has 0 aliphatic carbocycles. The van der Waals surface area contributed by atoms with Crippen molar-refractivity contribution in [1.29, 1.82) is 0 Å². The minimum absolute atomic E-state index is 0.115. The highest BCUT2D eigenvalue weighted by Crippen LogP contribution is 2.17. The van der Waals surface area contributed by atoms with E-state index in [9.17, 15) is 9.59 Å². The van der Waals surface area contributed by atoms with E-state index in [0.717, 1.165) is 17.1 Å². The first-order chi connectivity index (χ1) is 11.9. The van der Waals surface area contributed by atoms with Crippen molar-refractivity contribution in [3.05, 3.63) is 24.0 Å². The SMILES string of the molecule is Cc1nn(C)c(C)c1NC(=O)CN(C)CCNC(=O)Cn1cncn1. The zero-order valence-corrected chi connectivity index (χ0v) is 15.0. The van der Waals surface area contributed by atoms with Gasteiger partial charge in [0, 0.05) is 20.1 Å². The Morgan fingerprint density at radius 1 is 1.28 bits per heavy atom. The van der Waals surface area contributed by atoms with E-state index in [1.807, 2.05) is 32.8 Å². The fourth-order valence-corrected chi connectivity index (χ4v) is 2.36. The molecule has 0 saturated carbocycles. The van der Waals surface area contributed by atoms with E-state index in [2.05, 4.69) is 25.8 Å². The maximum Gasteiger partial charge on any atom is 0.241 e. The first kappa shape index (κ1) is 18.6. The van der Waals surface area contributed by atoms with E-state index in [-0.39, 0.29) is 24.9 Å². The summed E-state index contributed by atoms with van der Waals surface area (Å²) < 4.78 is 3.18. The van der Waals surface area contributed by atoms with Gasteiger partial charge in [-0.05, 0) is 20.9 Å². The van der Waals surface area contributed by atoms with Crippen LogP contribution < -0.4 is 10.6 Å². The molecular formula is C15H24N8O2. The fraction of sp³-hybridized carbons (Fsp3) is 0.533. The Balaban J connectivity index is 1.70. The van der Waals surface area contributed by atoms with Crippen LogP contribution in [0, 0.1) is 13.8 Å². The second-order valence-corrected chi connectivity index (χ2v) is 5.90. The van der Waals surface area contributed by atoms with Gasteiger partial charge in [-0.3, -0.25) is 19.2 Å². The van der Waals surface area contributed by atoms with Crippen LogP contribution in [0.4, 0.5) is 5.69 Å². The number of nitrogens with zero attached hydrogens (tertiary/aromatic N) is 6. The summed E-state index contributed by atoms with van der Waals surface area (Å²) in [5.41, 5.74) is 2.45. The van der Waals surface area contributed by atoms with Crippen LogP contribution in [0.1, 0.15) is 11.4 Å². The largest absolute Gasteiger partial charge is 0.353 e. The molecule has 0 unspecified atom stereocenters. The van der Waals surface area contributed by atoms with Gasteiger partial charge >= 0.3 is 0 Å². The average Bonchev–Trinajstić information content (AvgIpc) is 3.11. The topological polar surface area (TPSA) is 110 Å². The van der Waals surface area contributed by atoms with Crippen molar-refractivity contribution in [2.24, 2.45) is 7.05 Å². The molecule has 0 fully saturated rings. The summed E-state index contributed by atoms with van der Waals surface area (Å²) in [6.45, 7) is 5.13. The maximum atomic E-state index is 12.1. The van der Waals surface area contributed by atoms with Gasteiger partial charge in [0.1, 0.15) is 19.2 Å². The molecule has 0 atom stereocenters. The molecule has 25 heavy (non-hydrogen) atoms. The Hall–Kier alpha value is -2.75. The van der Waals surface area contributed by atoms with Crippen LogP contribution in [0.2, 0.25) is 0 Å². The molecule has 136 valence electrons. The first-order valence-electron chi connectivity index (χ1n) is 7.94. The number of rotatable bonds is 8. The number of aromatic nitrogens is 5.